The number of hydrogen-bond acceptors (Lipinski definition) is 10. The number of rotatable bonds is 6. The minimum atomic E-state index is 0.187. The number of nitrogen functional groups attached to an aromatic ring is 1. The summed E-state index contributed by atoms with van der Waals surface area (Å²) in [6.45, 7) is 4.83. The van der Waals surface area contributed by atoms with Crippen molar-refractivity contribution >= 4 is 22.7 Å². The predicted molar refractivity (Wildman–Crippen MR) is 160 cm³/mol. The fraction of sp³-hybridized carbons (Fsp3) is 0.267. The van der Waals surface area contributed by atoms with Crippen LogP contribution in [-0.2, 0) is 6.54 Å². The number of aryl methyl sites for hydroxylation is 1. The first kappa shape index (κ1) is 27.6. The van der Waals surface area contributed by atoms with Crippen molar-refractivity contribution in [2.75, 3.05) is 31.2 Å². The molecule has 11 nitrogen and oxygen atoms in total. The van der Waals surface area contributed by atoms with E-state index in [9.17, 15) is 0 Å². The van der Waals surface area contributed by atoms with Gasteiger partial charge in [-0.25, -0.2) is 19.9 Å². The lowest BCUT2D eigenvalue weighted by atomic mass is 10.0. The van der Waals surface area contributed by atoms with Crippen molar-refractivity contribution in [3.63, 3.8) is 0 Å². The van der Waals surface area contributed by atoms with E-state index in [1.807, 2.05) is 37.3 Å². The lowest BCUT2D eigenvalue weighted by Gasteiger charge is -2.32. The summed E-state index contributed by atoms with van der Waals surface area (Å²) in [6.07, 6.45) is 7.12. The van der Waals surface area contributed by atoms with Crippen molar-refractivity contribution in [1.82, 2.24) is 34.4 Å². The van der Waals surface area contributed by atoms with Crippen LogP contribution in [0.1, 0.15) is 29.9 Å². The van der Waals surface area contributed by atoms with E-state index < -0.39 is 0 Å². The Morgan fingerprint density at radius 1 is 1.00 bits per heavy atom. The summed E-state index contributed by atoms with van der Waals surface area (Å²) in [4.78, 5) is 24.2. The van der Waals surface area contributed by atoms with Gasteiger partial charge in [-0.15, -0.1) is 0 Å². The average Bonchev–Trinajstić information content (AvgIpc) is 3.38. The quantitative estimate of drug-likeness (QED) is 0.286. The molecule has 6 rings (SSSR count). The van der Waals surface area contributed by atoms with E-state index in [4.69, 9.17) is 16.0 Å². The average molecular weight is 548 g/mol. The zero-order chi connectivity index (χ0) is 28.8. The van der Waals surface area contributed by atoms with Crippen molar-refractivity contribution in [3.8, 4) is 23.1 Å². The SMILES string of the molecule is CN.Cc1cc2c(cn1)nc(-c1cccnc1N)n2-c1ccc(CN2CCC(Nc3ccnc(C#N)n3)CC2)cc1. The summed E-state index contributed by atoms with van der Waals surface area (Å²) in [6, 6.07) is 18.6. The fourth-order valence-electron chi connectivity index (χ4n) is 5.08. The van der Waals surface area contributed by atoms with Gasteiger partial charge in [-0.2, -0.15) is 5.26 Å². The number of fused-ring (bicyclic) bond motifs is 1. The Balaban J connectivity index is 0.00000165. The van der Waals surface area contributed by atoms with Crippen LogP contribution in [-0.4, -0.2) is 60.6 Å². The lowest BCUT2D eigenvalue weighted by molar-refractivity contribution is 0.211. The molecule has 0 unspecified atom stereocenters. The van der Waals surface area contributed by atoms with Crippen LogP contribution in [0, 0.1) is 18.3 Å². The summed E-state index contributed by atoms with van der Waals surface area (Å²) in [5.74, 6) is 2.09. The smallest absolute Gasteiger partial charge is 0.234 e. The van der Waals surface area contributed by atoms with Crippen molar-refractivity contribution < 1.29 is 0 Å². The van der Waals surface area contributed by atoms with Gasteiger partial charge in [0.2, 0.25) is 5.82 Å². The molecule has 5 N–H and O–H groups in total. The Bertz CT molecular complexity index is 1660. The summed E-state index contributed by atoms with van der Waals surface area (Å²) < 4.78 is 2.13. The number of hydrogen-bond donors (Lipinski definition) is 3. The fourth-order valence-corrected chi connectivity index (χ4v) is 5.08. The van der Waals surface area contributed by atoms with Crippen molar-refractivity contribution in [1.29, 1.82) is 5.26 Å². The molecule has 1 aliphatic rings. The minimum absolute atomic E-state index is 0.187. The molecule has 0 aliphatic carbocycles. The zero-order valence-corrected chi connectivity index (χ0v) is 23.2. The van der Waals surface area contributed by atoms with E-state index in [-0.39, 0.29) is 5.82 Å². The third kappa shape index (κ3) is 6.14. The largest absolute Gasteiger partial charge is 0.383 e. The maximum absolute atomic E-state index is 9.02. The molecule has 0 spiro atoms. The molecule has 0 saturated carbocycles. The number of piperidine rings is 1. The number of anilines is 2. The normalized spacial score (nSPS) is 13.8. The highest BCUT2D eigenvalue weighted by molar-refractivity contribution is 5.85. The number of pyridine rings is 2. The second-order valence-electron chi connectivity index (χ2n) is 9.76. The molecule has 0 amide bonds. The molecule has 41 heavy (non-hydrogen) atoms. The molecule has 1 aromatic carbocycles. The highest BCUT2D eigenvalue weighted by Gasteiger charge is 2.21. The highest BCUT2D eigenvalue weighted by Crippen LogP contribution is 2.31. The third-order valence-corrected chi connectivity index (χ3v) is 7.05. The Hall–Kier alpha value is -4.92. The van der Waals surface area contributed by atoms with Gasteiger partial charge in [0.25, 0.3) is 0 Å². The number of nitrogens with two attached hydrogens (primary N) is 2. The Morgan fingerprint density at radius 3 is 2.51 bits per heavy atom. The Kier molecular flexibility index (Phi) is 8.43. The van der Waals surface area contributed by atoms with E-state index in [1.165, 1.54) is 12.6 Å². The highest BCUT2D eigenvalue weighted by atomic mass is 15.2. The topological polar surface area (TPSA) is 160 Å². The van der Waals surface area contributed by atoms with Crippen LogP contribution in [0.2, 0.25) is 0 Å². The molecule has 11 heteroatoms. The van der Waals surface area contributed by atoms with Crippen molar-refractivity contribution in [3.05, 3.63) is 84.2 Å². The summed E-state index contributed by atoms with van der Waals surface area (Å²) in [5, 5.41) is 12.5. The summed E-state index contributed by atoms with van der Waals surface area (Å²) in [7, 11) is 1.50. The van der Waals surface area contributed by atoms with Crippen molar-refractivity contribution in [2.24, 2.45) is 5.73 Å². The molecule has 1 saturated heterocycles. The molecule has 208 valence electrons. The van der Waals surface area contributed by atoms with Gasteiger partial charge in [0, 0.05) is 49.5 Å². The molecule has 0 bridgehead atoms. The molecule has 0 atom stereocenters. The maximum atomic E-state index is 9.02. The standard InChI is InChI=1S/C29H28N10.CH5N/c1-19-15-25-24(17-34-19)36-29(23-3-2-11-33-28(23)31)39(25)22-6-4-20(5-7-22)18-38-13-9-21(10-14-38)35-26-8-12-32-27(16-30)37-26;1-2/h2-8,11-12,15,17,21H,9-10,13-14,18H2,1H3,(H2,31,33)(H,32,35,37);2H2,1H3. The summed E-state index contributed by atoms with van der Waals surface area (Å²) in [5.41, 5.74) is 16.5. The van der Waals surface area contributed by atoms with Crippen LogP contribution in [0.3, 0.4) is 0 Å². The zero-order valence-electron chi connectivity index (χ0n) is 23.2. The number of nitrogens with zero attached hydrogens (tertiary/aromatic N) is 8. The van der Waals surface area contributed by atoms with Crippen LogP contribution in [0.15, 0.2) is 67.1 Å². The Labute approximate surface area is 238 Å². The molecule has 1 aliphatic heterocycles. The number of likely N-dealkylation sites (tertiary alicyclic amines) is 1. The van der Waals surface area contributed by atoms with Crippen LogP contribution in [0.5, 0.6) is 0 Å². The molecular weight excluding hydrogens is 514 g/mol. The van der Waals surface area contributed by atoms with E-state index in [0.29, 0.717) is 17.7 Å². The first-order valence-electron chi connectivity index (χ1n) is 13.5. The first-order chi connectivity index (χ1) is 20.1. The molecular formula is C30H33N11. The van der Waals surface area contributed by atoms with Gasteiger partial charge in [-0.1, -0.05) is 12.1 Å². The second kappa shape index (κ2) is 12.5. The van der Waals surface area contributed by atoms with Crippen LogP contribution in [0.4, 0.5) is 11.6 Å². The molecule has 5 aromatic rings. The lowest BCUT2D eigenvalue weighted by Crippen LogP contribution is -2.38. The van der Waals surface area contributed by atoms with Crippen LogP contribution >= 0.6 is 0 Å². The minimum Gasteiger partial charge on any atom is -0.383 e. The molecule has 4 aromatic heterocycles. The van der Waals surface area contributed by atoms with E-state index in [1.54, 1.807) is 18.6 Å². The van der Waals surface area contributed by atoms with Gasteiger partial charge in [0.1, 0.15) is 29.0 Å². The molecule has 5 heterocycles. The van der Waals surface area contributed by atoms with E-state index in [0.717, 1.165) is 66.3 Å². The van der Waals surface area contributed by atoms with Gasteiger partial charge < -0.3 is 16.8 Å². The van der Waals surface area contributed by atoms with E-state index in [2.05, 4.69) is 64.7 Å². The molecule has 1 fully saturated rings. The number of aromatic nitrogens is 6. The monoisotopic (exact) mass is 547 g/mol. The third-order valence-electron chi connectivity index (χ3n) is 7.05. The van der Waals surface area contributed by atoms with Gasteiger partial charge in [-0.3, -0.25) is 14.5 Å². The number of imidazole rings is 1. The van der Waals surface area contributed by atoms with Gasteiger partial charge in [0.15, 0.2) is 0 Å². The van der Waals surface area contributed by atoms with Gasteiger partial charge in [-0.05, 0) is 68.8 Å². The van der Waals surface area contributed by atoms with Gasteiger partial charge in [0.05, 0.1) is 17.3 Å². The first-order valence-corrected chi connectivity index (χ1v) is 13.5. The van der Waals surface area contributed by atoms with Gasteiger partial charge >= 0.3 is 0 Å². The second-order valence-corrected chi connectivity index (χ2v) is 9.76. The van der Waals surface area contributed by atoms with Crippen molar-refractivity contribution in [2.45, 2.75) is 32.4 Å². The number of nitrogens with one attached hydrogen (secondary N) is 1. The summed E-state index contributed by atoms with van der Waals surface area (Å²) >= 11 is 0. The maximum Gasteiger partial charge on any atom is 0.234 e. The van der Waals surface area contributed by atoms with Crippen LogP contribution < -0.4 is 16.8 Å². The Morgan fingerprint density at radius 2 is 1.78 bits per heavy atom. The predicted octanol–water partition coefficient (Wildman–Crippen LogP) is 3.69. The van der Waals surface area contributed by atoms with Crippen LogP contribution in [0.25, 0.3) is 28.1 Å². The van der Waals surface area contributed by atoms with E-state index >= 15 is 0 Å². The number of benzene rings is 1. The molecule has 0 radical (unpaired) electrons. The number of nitriles is 1.